The van der Waals surface area contributed by atoms with E-state index in [-0.39, 0.29) is 0 Å². The van der Waals surface area contributed by atoms with E-state index >= 15 is 0 Å². The fourth-order valence-electron chi connectivity index (χ4n) is 4.07. The van der Waals surface area contributed by atoms with E-state index in [9.17, 15) is 8.42 Å². The predicted molar refractivity (Wildman–Crippen MR) is 115 cm³/mol. The fourth-order valence-corrected chi connectivity index (χ4v) is 6.10. The second-order valence-corrected chi connectivity index (χ2v) is 10.2. The molecular weight excluding hydrogens is 378 g/mol. The van der Waals surface area contributed by atoms with Gasteiger partial charge < -0.3 is 10.6 Å². The van der Waals surface area contributed by atoms with Crippen LogP contribution in [0.1, 0.15) is 57.4 Å². The van der Waals surface area contributed by atoms with Crippen LogP contribution in [0.2, 0.25) is 0 Å². The summed E-state index contributed by atoms with van der Waals surface area (Å²) in [6, 6.07) is 5.85. The minimum atomic E-state index is -3.46. The molecule has 0 aromatic heterocycles. The zero-order valence-electron chi connectivity index (χ0n) is 16.3. The molecule has 2 N–H and O–H groups in total. The number of hydrogen-bond donors (Lipinski definition) is 2. The molecule has 0 bridgehead atoms. The first kappa shape index (κ1) is 20.6. The highest BCUT2D eigenvalue weighted by molar-refractivity contribution is 7.89. The third-order valence-corrected chi connectivity index (χ3v) is 8.07. The lowest BCUT2D eigenvalue weighted by atomic mass is 9.86. The van der Waals surface area contributed by atoms with E-state index < -0.39 is 10.0 Å². The van der Waals surface area contributed by atoms with Crippen molar-refractivity contribution in [3.8, 4) is 0 Å². The molecule has 2 atom stereocenters. The molecular formula is C20H31N3O2S2. The van der Waals surface area contributed by atoms with Crippen LogP contribution in [0.4, 0.5) is 5.69 Å². The Morgan fingerprint density at radius 3 is 2.52 bits per heavy atom. The smallest absolute Gasteiger partial charge is 0.243 e. The van der Waals surface area contributed by atoms with Crippen molar-refractivity contribution in [2.75, 3.05) is 18.4 Å². The molecule has 1 aliphatic heterocycles. The van der Waals surface area contributed by atoms with Gasteiger partial charge in [-0.05, 0) is 68.4 Å². The van der Waals surface area contributed by atoms with Gasteiger partial charge in [-0.1, -0.05) is 32.3 Å². The lowest BCUT2D eigenvalue weighted by Gasteiger charge is -2.30. The second-order valence-electron chi connectivity index (χ2n) is 7.91. The predicted octanol–water partition coefficient (Wildman–Crippen LogP) is 4.03. The fraction of sp³-hybridized carbons (Fsp3) is 0.650. The minimum absolute atomic E-state index is 0.378. The van der Waals surface area contributed by atoms with Crippen LogP contribution < -0.4 is 10.6 Å². The van der Waals surface area contributed by atoms with Crippen molar-refractivity contribution in [1.29, 1.82) is 0 Å². The van der Waals surface area contributed by atoms with Crippen molar-refractivity contribution in [1.82, 2.24) is 9.62 Å². The van der Waals surface area contributed by atoms with Crippen LogP contribution in [0, 0.1) is 12.8 Å². The van der Waals surface area contributed by atoms with E-state index in [0.717, 1.165) is 36.9 Å². The normalized spacial score (nSPS) is 24.4. The number of rotatable bonds is 4. The second kappa shape index (κ2) is 8.88. The molecule has 1 aromatic carbocycles. The van der Waals surface area contributed by atoms with E-state index in [1.165, 1.54) is 19.3 Å². The molecule has 0 amide bonds. The summed E-state index contributed by atoms with van der Waals surface area (Å²) in [7, 11) is -3.46. The van der Waals surface area contributed by atoms with Gasteiger partial charge in [0.2, 0.25) is 10.0 Å². The summed E-state index contributed by atoms with van der Waals surface area (Å²) in [5, 5.41) is 7.17. The highest BCUT2D eigenvalue weighted by atomic mass is 32.2. The van der Waals surface area contributed by atoms with Gasteiger partial charge in [-0.15, -0.1) is 0 Å². The average molecular weight is 410 g/mol. The molecule has 1 saturated carbocycles. The molecule has 27 heavy (non-hydrogen) atoms. The third kappa shape index (κ3) is 5.00. The molecule has 3 rings (SSSR count). The Morgan fingerprint density at radius 1 is 1.11 bits per heavy atom. The maximum absolute atomic E-state index is 13.1. The van der Waals surface area contributed by atoms with Crippen LogP contribution in [0.3, 0.4) is 0 Å². The number of piperidine rings is 1. The Morgan fingerprint density at radius 2 is 1.81 bits per heavy atom. The molecule has 1 aromatic rings. The van der Waals surface area contributed by atoms with Gasteiger partial charge in [0.25, 0.3) is 0 Å². The first-order valence-electron chi connectivity index (χ1n) is 10.1. The molecule has 2 aliphatic rings. The molecule has 7 heteroatoms. The molecule has 150 valence electrons. The molecule has 1 aliphatic carbocycles. The Balaban J connectivity index is 1.72. The van der Waals surface area contributed by atoms with Crippen molar-refractivity contribution >= 4 is 33.0 Å². The van der Waals surface area contributed by atoms with Crippen molar-refractivity contribution in [3.05, 3.63) is 23.8 Å². The van der Waals surface area contributed by atoms with Crippen LogP contribution in [0.5, 0.6) is 0 Å². The largest absolute Gasteiger partial charge is 0.359 e. The van der Waals surface area contributed by atoms with Gasteiger partial charge in [0.1, 0.15) is 0 Å². The topological polar surface area (TPSA) is 61.4 Å². The Kier molecular flexibility index (Phi) is 6.76. The average Bonchev–Trinajstić information content (AvgIpc) is 2.66. The summed E-state index contributed by atoms with van der Waals surface area (Å²) in [6.07, 6.45) is 7.84. The Hall–Kier alpha value is -1.18. The minimum Gasteiger partial charge on any atom is -0.359 e. The molecule has 0 spiro atoms. The van der Waals surface area contributed by atoms with E-state index in [1.54, 1.807) is 10.4 Å². The lowest BCUT2D eigenvalue weighted by molar-refractivity contribution is 0.309. The summed E-state index contributed by atoms with van der Waals surface area (Å²) in [5.74, 6) is 0.603. The van der Waals surface area contributed by atoms with E-state index in [4.69, 9.17) is 12.2 Å². The number of thiocarbonyl (C=S) groups is 1. The van der Waals surface area contributed by atoms with Crippen LogP contribution in [0.25, 0.3) is 0 Å². The van der Waals surface area contributed by atoms with Crippen LogP contribution in [0.15, 0.2) is 23.1 Å². The third-order valence-electron chi connectivity index (χ3n) is 5.81. The zero-order valence-corrected chi connectivity index (χ0v) is 18.0. The zero-order chi connectivity index (χ0) is 19.4. The number of nitrogens with zero attached hydrogens (tertiary/aromatic N) is 1. The molecule has 0 unspecified atom stereocenters. The summed E-state index contributed by atoms with van der Waals surface area (Å²) in [4.78, 5) is 0.378. The van der Waals surface area contributed by atoms with Gasteiger partial charge in [0, 0.05) is 24.8 Å². The van der Waals surface area contributed by atoms with Gasteiger partial charge >= 0.3 is 0 Å². The standard InChI is InChI=1S/C20H31N3O2S2/c1-15-8-4-5-9-18(15)22-20(26)21-17-11-10-16(2)19(14-17)27(24,25)23-12-6-3-7-13-23/h10-11,14-15,18H,3-9,12-13H2,1-2H3,(H2,21,22,26)/t15-,18-/m1/s1. The number of benzene rings is 1. The van der Waals surface area contributed by atoms with Crippen molar-refractivity contribution in [2.45, 2.75) is 69.7 Å². The van der Waals surface area contributed by atoms with Gasteiger partial charge in [-0.2, -0.15) is 4.31 Å². The summed E-state index contributed by atoms with van der Waals surface area (Å²) in [6.45, 7) is 5.33. The molecule has 1 saturated heterocycles. The lowest BCUT2D eigenvalue weighted by Crippen LogP contribution is -2.43. The van der Waals surface area contributed by atoms with Crippen molar-refractivity contribution < 1.29 is 8.42 Å². The van der Waals surface area contributed by atoms with Crippen LogP contribution in [-0.2, 0) is 10.0 Å². The Bertz CT molecular complexity index is 773. The highest BCUT2D eigenvalue weighted by Crippen LogP contribution is 2.27. The van der Waals surface area contributed by atoms with Gasteiger partial charge in [-0.3, -0.25) is 0 Å². The van der Waals surface area contributed by atoms with Gasteiger partial charge in [0.05, 0.1) is 4.90 Å². The SMILES string of the molecule is Cc1ccc(NC(=S)N[C@@H]2CCCC[C@H]2C)cc1S(=O)(=O)N1CCCCC1. The monoisotopic (exact) mass is 409 g/mol. The first-order chi connectivity index (χ1) is 12.9. The number of aryl methyl sites for hydroxylation is 1. The number of nitrogens with one attached hydrogen (secondary N) is 2. The number of hydrogen-bond acceptors (Lipinski definition) is 3. The molecule has 1 heterocycles. The summed E-state index contributed by atoms with van der Waals surface area (Å²) >= 11 is 5.48. The number of anilines is 1. The summed E-state index contributed by atoms with van der Waals surface area (Å²) in [5.41, 5.74) is 1.49. The van der Waals surface area contributed by atoms with Crippen LogP contribution >= 0.6 is 12.2 Å². The van der Waals surface area contributed by atoms with Crippen molar-refractivity contribution in [2.24, 2.45) is 5.92 Å². The number of sulfonamides is 1. The molecule has 2 fully saturated rings. The molecule has 5 nitrogen and oxygen atoms in total. The van der Waals surface area contributed by atoms with Gasteiger partial charge in [-0.25, -0.2) is 8.42 Å². The quantitative estimate of drug-likeness (QED) is 0.735. The summed E-state index contributed by atoms with van der Waals surface area (Å²) < 4.78 is 27.7. The van der Waals surface area contributed by atoms with E-state index in [2.05, 4.69) is 17.6 Å². The Labute approximate surface area is 169 Å². The van der Waals surface area contributed by atoms with Crippen molar-refractivity contribution in [3.63, 3.8) is 0 Å². The highest BCUT2D eigenvalue weighted by Gasteiger charge is 2.28. The van der Waals surface area contributed by atoms with Crippen LogP contribution in [-0.4, -0.2) is 37.0 Å². The van der Waals surface area contributed by atoms with Gasteiger partial charge in [0.15, 0.2) is 5.11 Å². The maximum Gasteiger partial charge on any atom is 0.243 e. The van der Waals surface area contributed by atoms with E-state index in [0.29, 0.717) is 35.1 Å². The van der Waals surface area contributed by atoms with E-state index in [1.807, 2.05) is 19.1 Å². The first-order valence-corrected chi connectivity index (χ1v) is 11.9. The molecule has 0 radical (unpaired) electrons. The maximum atomic E-state index is 13.1.